The van der Waals surface area contributed by atoms with E-state index in [9.17, 15) is 0 Å². The third-order valence-corrected chi connectivity index (χ3v) is 3.35. The van der Waals surface area contributed by atoms with E-state index in [-0.39, 0.29) is 18.6 Å². The van der Waals surface area contributed by atoms with Gasteiger partial charge in [0.2, 0.25) is 0 Å². The number of nitrogens with zero attached hydrogens (tertiary/aromatic N) is 1. The molecule has 0 fully saturated rings. The van der Waals surface area contributed by atoms with E-state index in [4.69, 9.17) is 16.7 Å². The van der Waals surface area contributed by atoms with Gasteiger partial charge in [-0.2, -0.15) is 0 Å². The van der Waals surface area contributed by atoms with Crippen LogP contribution in [-0.4, -0.2) is 22.7 Å². The Labute approximate surface area is 108 Å². The van der Waals surface area contributed by atoms with Gasteiger partial charge in [0.15, 0.2) is 0 Å². The number of aliphatic hydroxyl groups excluding tert-OH is 1. The molecule has 2 atom stereocenters. The molecule has 3 nitrogen and oxygen atoms in total. The topological polar surface area (TPSA) is 45.1 Å². The van der Waals surface area contributed by atoms with Crippen LogP contribution in [0.1, 0.15) is 6.42 Å². The van der Waals surface area contributed by atoms with Gasteiger partial charge >= 0.3 is 0 Å². The average Bonchev–Trinajstić information content (AvgIpc) is 2.70. The molecule has 0 unspecified atom stereocenters. The maximum absolute atomic E-state index is 9.02. The molecule has 0 aromatic carbocycles. The van der Waals surface area contributed by atoms with Crippen molar-refractivity contribution in [3.8, 4) is 0 Å². The van der Waals surface area contributed by atoms with Gasteiger partial charge in [-0.1, -0.05) is 23.8 Å². The van der Waals surface area contributed by atoms with Gasteiger partial charge in [0, 0.05) is 24.8 Å². The minimum Gasteiger partial charge on any atom is -0.396 e. The van der Waals surface area contributed by atoms with Crippen LogP contribution in [0.5, 0.6) is 0 Å². The molecule has 0 saturated carbocycles. The van der Waals surface area contributed by atoms with Crippen molar-refractivity contribution in [3.63, 3.8) is 0 Å². The molecule has 2 N–H and O–H groups in total. The van der Waals surface area contributed by atoms with Crippen LogP contribution in [0.25, 0.3) is 0 Å². The number of nitrogens with one attached hydrogen (secondary N) is 1. The molecule has 1 aliphatic carbocycles. The molecule has 0 aliphatic heterocycles. The van der Waals surface area contributed by atoms with Gasteiger partial charge in [-0.3, -0.25) is 0 Å². The zero-order chi connectivity index (χ0) is 11.5. The van der Waals surface area contributed by atoms with Gasteiger partial charge in [-0.25, -0.2) is 4.98 Å². The molecule has 86 valence electrons. The first-order valence-electron chi connectivity index (χ1n) is 5.06. The second-order valence-electron chi connectivity index (χ2n) is 3.80. The molecular formula is C11H12BrClN2O. The summed E-state index contributed by atoms with van der Waals surface area (Å²) in [6, 6.07) is 2.03. The number of hydrogen-bond acceptors (Lipinski definition) is 3. The molecule has 1 aliphatic rings. The molecule has 2 rings (SSSR count). The molecule has 0 radical (unpaired) electrons. The third kappa shape index (κ3) is 2.75. The van der Waals surface area contributed by atoms with Crippen molar-refractivity contribution in [2.75, 3.05) is 11.9 Å². The van der Waals surface area contributed by atoms with Gasteiger partial charge in [0.05, 0.1) is 9.50 Å². The quantitative estimate of drug-likeness (QED) is 0.844. The Bertz CT molecular complexity index is 411. The summed E-state index contributed by atoms with van der Waals surface area (Å²) in [5, 5.41) is 12.9. The largest absolute Gasteiger partial charge is 0.396 e. The van der Waals surface area contributed by atoms with Gasteiger partial charge in [-0.15, -0.1) is 0 Å². The van der Waals surface area contributed by atoms with E-state index in [2.05, 4.69) is 32.3 Å². The Balaban J connectivity index is 2.02. The minimum atomic E-state index is 0.198. The summed E-state index contributed by atoms with van der Waals surface area (Å²) < 4.78 is 0.848. The lowest BCUT2D eigenvalue weighted by atomic mass is 10.1. The predicted molar refractivity (Wildman–Crippen MR) is 68.7 cm³/mol. The highest BCUT2D eigenvalue weighted by Gasteiger charge is 2.18. The summed E-state index contributed by atoms with van der Waals surface area (Å²) in [4.78, 5) is 4.21. The summed E-state index contributed by atoms with van der Waals surface area (Å²) in [6.45, 7) is 0.198. The first-order chi connectivity index (χ1) is 7.69. The fourth-order valence-electron chi connectivity index (χ4n) is 1.71. The highest BCUT2D eigenvalue weighted by Crippen LogP contribution is 2.26. The molecule has 0 bridgehead atoms. The summed E-state index contributed by atoms with van der Waals surface area (Å²) in [5.74, 6) is 1.03. The molecule has 5 heteroatoms. The summed E-state index contributed by atoms with van der Waals surface area (Å²) in [5.41, 5.74) is 0. The fourth-order valence-corrected chi connectivity index (χ4v) is 2.47. The van der Waals surface area contributed by atoms with Gasteiger partial charge in [0.1, 0.15) is 5.82 Å². The Morgan fingerprint density at radius 2 is 2.38 bits per heavy atom. The number of aliphatic hydroxyl groups is 1. The Morgan fingerprint density at radius 1 is 1.56 bits per heavy atom. The van der Waals surface area contributed by atoms with Crippen LogP contribution in [0.3, 0.4) is 0 Å². The molecule has 1 aromatic heterocycles. The zero-order valence-electron chi connectivity index (χ0n) is 8.53. The summed E-state index contributed by atoms with van der Waals surface area (Å²) >= 11 is 9.22. The van der Waals surface area contributed by atoms with E-state index < -0.39 is 0 Å². The lowest BCUT2D eigenvalue weighted by Crippen LogP contribution is -2.17. The van der Waals surface area contributed by atoms with Crippen molar-refractivity contribution >= 4 is 33.3 Å². The van der Waals surface area contributed by atoms with Crippen molar-refractivity contribution in [1.29, 1.82) is 0 Å². The lowest BCUT2D eigenvalue weighted by Gasteiger charge is -2.14. The highest BCUT2D eigenvalue weighted by molar-refractivity contribution is 9.10. The van der Waals surface area contributed by atoms with Crippen molar-refractivity contribution < 1.29 is 5.11 Å². The first kappa shape index (κ1) is 11.9. The zero-order valence-corrected chi connectivity index (χ0v) is 10.9. The van der Waals surface area contributed by atoms with Crippen molar-refractivity contribution in [2.45, 2.75) is 12.5 Å². The van der Waals surface area contributed by atoms with E-state index in [1.165, 1.54) is 0 Å². The Morgan fingerprint density at radius 3 is 3.00 bits per heavy atom. The Kier molecular flexibility index (Phi) is 3.84. The number of halogens is 2. The van der Waals surface area contributed by atoms with Crippen LogP contribution in [0, 0.1) is 5.92 Å². The average molecular weight is 304 g/mol. The van der Waals surface area contributed by atoms with Crippen molar-refractivity contribution in [1.82, 2.24) is 4.98 Å². The number of hydrogen-bond donors (Lipinski definition) is 2. The summed E-state index contributed by atoms with van der Waals surface area (Å²) in [6.07, 6.45) is 6.59. The number of anilines is 1. The second kappa shape index (κ2) is 5.17. The number of aromatic nitrogens is 1. The minimum absolute atomic E-state index is 0.198. The third-order valence-electron chi connectivity index (χ3n) is 2.54. The molecule has 0 saturated heterocycles. The molecule has 1 aromatic rings. The number of rotatable bonds is 3. The molecule has 0 amide bonds. The van der Waals surface area contributed by atoms with Crippen LogP contribution >= 0.6 is 27.5 Å². The van der Waals surface area contributed by atoms with Crippen LogP contribution in [-0.2, 0) is 0 Å². The smallest absolute Gasteiger partial charge is 0.140 e. The van der Waals surface area contributed by atoms with E-state index in [0.29, 0.717) is 5.02 Å². The van der Waals surface area contributed by atoms with E-state index in [0.717, 1.165) is 16.7 Å². The van der Waals surface area contributed by atoms with E-state index in [1.54, 1.807) is 12.3 Å². The van der Waals surface area contributed by atoms with E-state index in [1.807, 2.05) is 6.08 Å². The van der Waals surface area contributed by atoms with Gasteiger partial charge in [0.25, 0.3) is 0 Å². The van der Waals surface area contributed by atoms with E-state index >= 15 is 0 Å². The molecule has 0 spiro atoms. The SMILES string of the molecule is OC[C@H]1C=C[C@@H](Nc2ncc(Cl)cc2Br)C1. The molecule has 1 heterocycles. The van der Waals surface area contributed by atoms with Crippen LogP contribution in [0.15, 0.2) is 28.9 Å². The maximum Gasteiger partial charge on any atom is 0.140 e. The van der Waals surface area contributed by atoms with Gasteiger partial charge < -0.3 is 10.4 Å². The monoisotopic (exact) mass is 302 g/mol. The molecular weight excluding hydrogens is 291 g/mol. The first-order valence-corrected chi connectivity index (χ1v) is 6.23. The van der Waals surface area contributed by atoms with Crippen LogP contribution in [0.4, 0.5) is 5.82 Å². The maximum atomic E-state index is 9.02. The Hall–Kier alpha value is -0.580. The van der Waals surface area contributed by atoms with Gasteiger partial charge in [-0.05, 0) is 28.4 Å². The van der Waals surface area contributed by atoms with Crippen molar-refractivity contribution in [3.05, 3.63) is 33.9 Å². The summed E-state index contributed by atoms with van der Waals surface area (Å²) in [7, 11) is 0. The predicted octanol–water partition coefficient (Wildman–Crippen LogP) is 2.85. The van der Waals surface area contributed by atoms with Crippen LogP contribution in [0.2, 0.25) is 5.02 Å². The molecule has 16 heavy (non-hydrogen) atoms. The standard InChI is InChI=1S/C11H12BrClN2O/c12-10-4-8(13)5-14-11(10)15-9-2-1-7(3-9)6-16/h1-2,4-5,7,9,16H,3,6H2,(H,14,15)/t7-,9+/m0/s1. The lowest BCUT2D eigenvalue weighted by molar-refractivity contribution is 0.250. The highest BCUT2D eigenvalue weighted by atomic mass is 79.9. The van der Waals surface area contributed by atoms with Crippen molar-refractivity contribution in [2.24, 2.45) is 5.92 Å². The number of pyridine rings is 1. The van der Waals surface area contributed by atoms with Crippen LogP contribution < -0.4 is 5.32 Å². The fraction of sp³-hybridized carbons (Fsp3) is 0.364. The normalized spacial score (nSPS) is 23.7. The second-order valence-corrected chi connectivity index (χ2v) is 5.09.